The maximum absolute atomic E-state index is 11.8. The van der Waals surface area contributed by atoms with Crippen molar-refractivity contribution in [3.63, 3.8) is 0 Å². The molecule has 0 bridgehead atoms. The van der Waals surface area contributed by atoms with Crippen molar-refractivity contribution >= 4 is 16.9 Å². The molecule has 2 rings (SSSR count). The lowest BCUT2D eigenvalue weighted by molar-refractivity contribution is 0.0799. The Morgan fingerprint density at radius 1 is 1.39 bits per heavy atom. The number of nitrogens with zero attached hydrogens (tertiary/aromatic N) is 1. The molecular weight excluding hydrogens is 226 g/mol. The van der Waals surface area contributed by atoms with E-state index in [9.17, 15) is 4.79 Å². The Morgan fingerprint density at radius 3 is 2.67 bits per heavy atom. The summed E-state index contributed by atoms with van der Waals surface area (Å²) < 4.78 is 5.58. The average Bonchev–Trinajstić information content (AvgIpc) is 2.79. The van der Waals surface area contributed by atoms with Gasteiger partial charge < -0.3 is 9.32 Å². The monoisotopic (exact) mass is 241 g/mol. The van der Waals surface area contributed by atoms with Crippen molar-refractivity contribution in [3.8, 4) is 12.3 Å². The molecule has 0 aliphatic heterocycles. The Morgan fingerprint density at radius 2 is 2.11 bits per heavy atom. The fourth-order valence-electron chi connectivity index (χ4n) is 1.85. The zero-order chi connectivity index (χ0) is 13.3. The highest BCUT2D eigenvalue weighted by Gasteiger charge is 2.16. The normalized spacial score (nSPS) is 10.3. The Kier molecular flexibility index (Phi) is 3.12. The summed E-state index contributed by atoms with van der Waals surface area (Å²) in [6.07, 6.45) is 6.37. The quantitative estimate of drug-likeness (QED) is 0.757. The summed E-state index contributed by atoms with van der Waals surface area (Å²) in [4.78, 5) is 13.3. The molecule has 0 aliphatic carbocycles. The molecule has 1 amide bonds. The van der Waals surface area contributed by atoms with Crippen LogP contribution in [0.4, 0.5) is 0 Å². The number of fused-ring (bicyclic) bond motifs is 1. The Balaban J connectivity index is 2.64. The summed E-state index contributed by atoms with van der Waals surface area (Å²) in [5.41, 5.74) is 2.45. The number of rotatable bonds is 2. The largest absolute Gasteiger partial charge is 0.450 e. The minimum Gasteiger partial charge on any atom is -0.450 e. The summed E-state index contributed by atoms with van der Waals surface area (Å²) in [5, 5.41) is 0.882. The van der Waals surface area contributed by atoms with Gasteiger partial charge in [-0.1, -0.05) is 12.8 Å². The molecule has 0 spiro atoms. The first-order valence-corrected chi connectivity index (χ1v) is 5.81. The Bertz CT molecular complexity index is 644. The van der Waals surface area contributed by atoms with Crippen molar-refractivity contribution in [1.82, 2.24) is 4.90 Å². The van der Waals surface area contributed by atoms with Crippen LogP contribution in [0.5, 0.6) is 0 Å². The molecular formula is C15H15NO2. The SMILES string of the molecule is C#Cc1cc(CC)cc2cc(C(=O)N(C)C)oc12. The second-order valence-electron chi connectivity index (χ2n) is 4.37. The van der Waals surface area contributed by atoms with Crippen LogP contribution in [0.3, 0.4) is 0 Å². The van der Waals surface area contributed by atoms with Crippen LogP contribution >= 0.6 is 0 Å². The molecule has 0 unspecified atom stereocenters. The van der Waals surface area contributed by atoms with Crippen molar-refractivity contribution < 1.29 is 9.21 Å². The summed E-state index contributed by atoms with van der Waals surface area (Å²) >= 11 is 0. The van der Waals surface area contributed by atoms with Gasteiger partial charge >= 0.3 is 0 Å². The number of carbonyl (C=O) groups is 1. The number of benzene rings is 1. The molecule has 18 heavy (non-hydrogen) atoms. The van der Waals surface area contributed by atoms with Gasteiger partial charge in [0, 0.05) is 19.5 Å². The number of aryl methyl sites for hydroxylation is 1. The Hall–Kier alpha value is -2.21. The van der Waals surface area contributed by atoms with Gasteiger partial charge in [0.2, 0.25) is 0 Å². The minimum atomic E-state index is -0.160. The van der Waals surface area contributed by atoms with Crippen molar-refractivity contribution in [3.05, 3.63) is 35.1 Å². The summed E-state index contributed by atoms with van der Waals surface area (Å²) in [6.45, 7) is 2.06. The maximum atomic E-state index is 11.8. The number of hydrogen-bond acceptors (Lipinski definition) is 2. The Labute approximate surface area is 106 Å². The molecule has 0 aliphatic rings. The van der Waals surface area contributed by atoms with Crippen LogP contribution in [0.25, 0.3) is 11.0 Å². The van der Waals surface area contributed by atoms with E-state index in [-0.39, 0.29) is 5.91 Å². The first kappa shape index (κ1) is 12.3. The highest BCUT2D eigenvalue weighted by Crippen LogP contribution is 2.25. The van der Waals surface area contributed by atoms with Crippen LogP contribution in [-0.2, 0) is 6.42 Å². The van der Waals surface area contributed by atoms with E-state index in [1.807, 2.05) is 12.1 Å². The smallest absolute Gasteiger partial charge is 0.289 e. The molecule has 1 aromatic heterocycles. The molecule has 3 heteroatoms. The standard InChI is InChI=1S/C15H15NO2/c1-5-10-7-11(6-2)14-12(8-10)9-13(18-14)15(17)16(3)4/h2,7-9H,5H2,1,3-4H3. The van der Waals surface area contributed by atoms with Crippen LogP contribution in [-0.4, -0.2) is 24.9 Å². The predicted octanol–water partition coefficient (Wildman–Crippen LogP) is 2.68. The lowest BCUT2D eigenvalue weighted by Crippen LogP contribution is -2.20. The second kappa shape index (κ2) is 4.58. The van der Waals surface area contributed by atoms with Gasteiger partial charge in [0.15, 0.2) is 11.3 Å². The van der Waals surface area contributed by atoms with Gasteiger partial charge in [0.25, 0.3) is 5.91 Å². The van der Waals surface area contributed by atoms with Gasteiger partial charge in [-0.2, -0.15) is 0 Å². The summed E-state index contributed by atoms with van der Waals surface area (Å²) in [6, 6.07) is 5.68. The number of hydrogen-bond donors (Lipinski definition) is 0. The number of terminal acetylenes is 1. The fraction of sp³-hybridized carbons (Fsp3) is 0.267. The molecule has 0 atom stereocenters. The third-order valence-corrected chi connectivity index (χ3v) is 2.86. The zero-order valence-electron chi connectivity index (χ0n) is 10.8. The van der Waals surface area contributed by atoms with Crippen LogP contribution < -0.4 is 0 Å². The van der Waals surface area contributed by atoms with Crippen molar-refractivity contribution in [1.29, 1.82) is 0 Å². The lowest BCUT2D eigenvalue weighted by Gasteiger charge is -2.06. The van der Waals surface area contributed by atoms with Gasteiger partial charge in [-0.15, -0.1) is 6.42 Å². The summed E-state index contributed by atoms with van der Waals surface area (Å²) in [5.74, 6) is 2.77. The van der Waals surface area contributed by atoms with E-state index in [1.165, 1.54) is 4.90 Å². The van der Waals surface area contributed by atoms with Crippen LogP contribution in [0.2, 0.25) is 0 Å². The molecule has 1 aromatic carbocycles. The summed E-state index contributed by atoms with van der Waals surface area (Å²) in [7, 11) is 3.38. The number of amides is 1. The molecule has 0 saturated heterocycles. The third-order valence-electron chi connectivity index (χ3n) is 2.86. The molecule has 1 heterocycles. The van der Waals surface area contributed by atoms with E-state index < -0.39 is 0 Å². The fourth-order valence-corrected chi connectivity index (χ4v) is 1.85. The van der Waals surface area contributed by atoms with Crippen molar-refractivity contribution in [2.75, 3.05) is 14.1 Å². The van der Waals surface area contributed by atoms with Crippen molar-refractivity contribution in [2.45, 2.75) is 13.3 Å². The topological polar surface area (TPSA) is 33.5 Å². The second-order valence-corrected chi connectivity index (χ2v) is 4.37. The third kappa shape index (κ3) is 1.98. The van der Waals surface area contributed by atoms with Gasteiger partial charge in [-0.05, 0) is 30.2 Å². The highest BCUT2D eigenvalue weighted by atomic mass is 16.3. The average molecular weight is 241 g/mol. The first-order valence-electron chi connectivity index (χ1n) is 5.81. The van der Waals surface area contributed by atoms with Crippen LogP contribution in [0.15, 0.2) is 22.6 Å². The van der Waals surface area contributed by atoms with E-state index in [0.717, 1.165) is 17.4 Å². The van der Waals surface area contributed by atoms with E-state index >= 15 is 0 Å². The predicted molar refractivity (Wildman–Crippen MR) is 71.5 cm³/mol. The molecule has 2 aromatic rings. The number of furan rings is 1. The van der Waals surface area contributed by atoms with Gasteiger partial charge in [-0.3, -0.25) is 4.79 Å². The van der Waals surface area contributed by atoms with Gasteiger partial charge in [0.1, 0.15) is 0 Å². The van der Waals surface area contributed by atoms with E-state index in [0.29, 0.717) is 16.9 Å². The molecule has 0 N–H and O–H groups in total. The highest BCUT2D eigenvalue weighted by molar-refractivity contribution is 5.97. The molecule has 0 radical (unpaired) electrons. The molecule has 92 valence electrons. The maximum Gasteiger partial charge on any atom is 0.289 e. The molecule has 0 fully saturated rings. The molecule has 0 saturated carbocycles. The van der Waals surface area contributed by atoms with Crippen LogP contribution in [0, 0.1) is 12.3 Å². The van der Waals surface area contributed by atoms with Crippen LogP contribution in [0.1, 0.15) is 28.6 Å². The van der Waals surface area contributed by atoms with Gasteiger partial charge in [0.05, 0.1) is 5.56 Å². The first-order chi connectivity index (χ1) is 8.56. The zero-order valence-corrected chi connectivity index (χ0v) is 10.8. The minimum absolute atomic E-state index is 0.160. The van der Waals surface area contributed by atoms with E-state index in [1.54, 1.807) is 20.2 Å². The van der Waals surface area contributed by atoms with Crippen molar-refractivity contribution in [2.24, 2.45) is 0 Å². The number of carbonyl (C=O) groups excluding carboxylic acids is 1. The van der Waals surface area contributed by atoms with Gasteiger partial charge in [-0.25, -0.2) is 0 Å². The van der Waals surface area contributed by atoms with E-state index in [4.69, 9.17) is 10.8 Å². The lowest BCUT2D eigenvalue weighted by atomic mass is 10.1. The molecule has 3 nitrogen and oxygen atoms in total. The van der Waals surface area contributed by atoms with E-state index in [2.05, 4.69) is 12.8 Å².